The number of nitrogens with one attached hydrogen (secondary N) is 1. The van der Waals surface area contributed by atoms with Crippen LogP contribution in [-0.4, -0.2) is 23.5 Å². The number of carbonyl (C=O) groups excluding carboxylic acids is 1. The highest BCUT2D eigenvalue weighted by Gasteiger charge is 2.28. The van der Waals surface area contributed by atoms with E-state index in [0.717, 1.165) is 29.3 Å². The van der Waals surface area contributed by atoms with Crippen LogP contribution in [0.15, 0.2) is 0 Å². The van der Waals surface area contributed by atoms with Gasteiger partial charge in [0.2, 0.25) is 5.91 Å². The van der Waals surface area contributed by atoms with Gasteiger partial charge in [-0.15, -0.1) is 0 Å². The SMILES string of the molecule is N#CN[C@@H]1CCCCN(c2nc(Cl)c(C3CCCCC3)s2)C(=O)C1. The molecule has 1 amide bonds. The Hall–Kier alpha value is -1.32. The number of hydrogen-bond acceptors (Lipinski definition) is 5. The maximum absolute atomic E-state index is 12.6. The molecule has 2 heterocycles. The van der Waals surface area contributed by atoms with Crippen LogP contribution in [0.3, 0.4) is 0 Å². The minimum atomic E-state index is -0.0708. The average molecular weight is 367 g/mol. The van der Waals surface area contributed by atoms with Crippen molar-refractivity contribution in [3.63, 3.8) is 0 Å². The van der Waals surface area contributed by atoms with Crippen molar-refractivity contribution in [2.75, 3.05) is 11.4 Å². The molecule has 0 unspecified atom stereocenters. The molecule has 1 atom stereocenters. The van der Waals surface area contributed by atoms with Crippen LogP contribution >= 0.6 is 22.9 Å². The molecular formula is C17H23ClN4OS. The number of nitrogens with zero attached hydrogens (tertiary/aromatic N) is 3. The predicted octanol–water partition coefficient (Wildman–Crippen LogP) is 4.19. The summed E-state index contributed by atoms with van der Waals surface area (Å²) in [7, 11) is 0. The molecule has 1 saturated carbocycles. The van der Waals surface area contributed by atoms with Crippen LogP contribution in [0.25, 0.3) is 0 Å². The first-order valence-corrected chi connectivity index (χ1v) is 9.99. The molecule has 1 aliphatic carbocycles. The monoisotopic (exact) mass is 366 g/mol. The van der Waals surface area contributed by atoms with Crippen LogP contribution in [0.5, 0.6) is 0 Å². The summed E-state index contributed by atoms with van der Waals surface area (Å²) in [6, 6.07) is -0.0708. The number of nitriles is 1. The van der Waals surface area contributed by atoms with Crippen molar-refractivity contribution in [3.05, 3.63) is 10.0 Å². The van der Waals surface area contributed by atoms with Gasteiger partial charge in [-0.25, -0.2) is 4.98 Å². The standard InChI is InChI=1S/C17H23ClN4OS/c18-16-15(12-6-2-1-3-7-12)24-17(21-16)22-9-5-4-8-13(20-11-19)10-14(22)23/h12-13,20H,1-10H2/t13-/m1/s1. The number of rotatable bonds is 3. The number of halogens is 1. The maximum atomic E-state index is 12.6. The van der Waals surface area contributed by atoms with Crippen LogP contribution in [0.2, 0.25) is 5.15 Å². The highest BCUT2D eigenvalue weighted by Crippen LogP contribution is 2.42. The van der Waals surface area contributed by atoms with Crippen LogP contribution in [0, 0.1) is 11.5 Å². The van der Waals surface area contributed by atoms with E-state index in [1.807, 2.05) is 6.19 Å². The van der Waals surface area contributed by atoms with Gasteiger partial charge in [-0.2, -0.15) is 5.26 Å². The second kappa shape index (κ2) is 8.17. The average Bonchev–Trinajstić information content (AvgIpc) is 2.95. The van der Waals surface area contributed by atoms with E-state index >= 15 is 0 Å². The van der Waals surface area contributed by atoms with Crippen molar-refractivity contribution >= 4 is 34.0 Å². The van der Waals surface area contributed by atoms with Crippen molar-refractivity contribution in [1.29, 1.82) is 5.26 Å². The third-order valence-electron chi connectivity index (χ3n) is 4.98. The highest BCUT2D eigenvalue weighted by molar-refractivity contribution is 7.16. The number of anilines is 1. The molecule has 24 heavy (non-hydrogen) atoms. The number of aromatic nitrogens is 1. The Labute approximate surface area is 152 Å². The first-order valence-electron chi connectivity index (χ1n) is 8.80. The van der Waals surface area contributed by atoms with Gasteiger partial charge in [0, 0.05) is 23.9 Å². The Morgan fingerprint density at radius 2 is 1.96 bits per heavy atom. The normalized spacial score (nSPS) is 23.4. The quantitative estimate of drug-likeness (QED) is 0.643. The van der Waals surface area contributed by atoms with Crippen LogP contribution in [0.4, 0.5) is 5.13 Å². The topological polar surface area (TPSA) is 69.0 Å². The highest BCUT2D eigenvalue weighted by atomic mass is 35.5. The fraction of sp³-hybridized carbons (Fsp3) is 0.706. The molecule has 130 valence electrons. The van der Waals surface area contributed by atoms with Crippen LogP contribution < -0.4 is 10.2 Å². The zero-order valence-electron chi connectivity index (χ0n) is 13.8. The Balaban J connectivity index is 1.76. The molecule has 1 aliphatic heterocycles. The molecule has 1 saturated heterocycles. The van der Waals surface area contributed by atoms with Crippen molar-refractivity contribution in [2.24, 2.45) is 0 Å². The van der Waals surface area contributed by atoms with E-state index < -0.39 is 0 Å². The Kier molecular flexibility index (Phi) is 5.96. The summed E-state index contributed by atoms with van der Waals surface area (Å²) < 4.78 is 0. The summed E-state index contributed by atoms with van der Waals surface area (Å²) in [5.74, 6) is 0.526. The number of hydrogen-bond donors (Lipinski definition) is 1. The van der Waals surface area contributed by atoms with Crippen molar-refractivity contribution < 1.29 is 4.79 Å². The fourth-order valence-corrected chi connectivity index (χ4v) is 5.23. The van der Waals surface area contributed by atoms with Gasteiger partial charge in [-0.05, 0) is 38.0 Å². The molecule has 2 fully saturated rings. The van der Waals surface area contributed by atoms with Crippen molar-refractivity contribution in [2.45, 2.75) is 69.7 Å². The van der Waals surface area contributed by atoms with E-state index in [4.69, 9.17) is 16.9 Å². The van der Waals surface area contributed by atoms with E-state index in [0.29, 0.717) is 24.0 Å². The van der Waals surface area contributed by atoms with Gasteiger partial charge < -0.3 is 5.32 Å². The molecule has 2 aliphatic rings. The summed E-state index contributed by atoms with van der Waals surface area (Å²) >= 11 is 7.99. The Morgan fingerprint density at radius 1 is 1.21 bits per heavy atom. The Bertz CT molecular complexity index is 621. The zero-order valence-corrected chi connectivity index (χ0v) is 15.3. The lowest BCUT2D eigenvalue weighted by atomic mass is 9.88. The summed E-state index contributed by atoms with van der Waals surface area (Å²) in [4.78, 5) is 20.1. The third kappa shape index (κ3) is 4.01. The van der Waals surface area contributed by atoms with E-state index in [2.05, 4.69) is 10.3 Å². The van der Waals surface area contributed by atoms with Gasteiger partial charge in [0.1, 0.15) is 5.15 Å². The van der Waals surface area contributed by atoms with Gasteiger partial charge >= 0.3 is 0 Å². The lowest BCUT2D eigenvalue weighted by Gasteiger charge is -2.26. The third-order valence-corrected chi connectivity index (χ3v) is 6.62. The lowest BCUT2D eigenvalue weighted by molar-refractivity contribution is -0.119. The van der Waals surface area contributed by atoms with Gasteiger partial charge in [0.25, 0.3) is 0 Å². The number of carbonyl (C=O) groups is 1. The maximum Gasteiger partial charge on any atom is 0.230 e. The molecule has 1 aromatic heterocycles. The summed E-state index contributed by atoms with van der Waals surface area (Å²) in [5.41, 5.74) is 0. The molecule has 0 radical (unpaired) electrons. The summed E-state index contributed by atoms with van der Waals surface area (Å²) in [5, 5.41) is 12.9. The van der Waals surface area contributed by atoms with E-state index in [-0.39, 0.29) is 11.9 Å². The molecule has 1 N–H and O–H groups in total. The first-order chi connectivity index (χ1) is 11.7. The van der Waals surface area contributed by atoms with E-state index in [1.54, 1.807) is 16.2 Å². The molecule has 1 aromatic rings. The van der Waals surface area contributed by atoms with Gasteiger partial charge in [0.05, 0.1) is 0 Å². The predicted molar refractivity (Wildman–Crippen MR) is 96.3 cm³/mol. The number of amides is 1. The van der Waals surface area contributed by atoms with Crippen LogP contribution in [-0.2, 0) is 4.79 Å². The smallest absolute Gasteiger partial charge is 0.230 e. The molecular weight excluding hydrogens is 344 g/mol. The number of thiazole rings is 1. The van der Waals surface area contributed by atoms with Gasteiger partial charge in [0.15, 0.2) is 11.3 Å². The molecule has 0 spiro atoms. The van der Waals surface area contributed by atoms with Crippen LogP contribution in [0.1, 0.15) is 68.6 Å². The largest absolute Gasteiger partial charge is 0.320 e. The van der Waals surface area contributed by atoms with Crippen molar-refractivity contribution in [1.82, 2.24) is 10.3 Å². The molecule has 3 rings (SSSR count). The second-order valence-corrected chi connectivity index (χ2v) is 8.05. The Morgan fingerprint density at radius 3 is 2.71 bits per heavy atom. The summed E-state index contributed by atoms with van der Waals surface area (Å²) in [6.07, 6.45) is 11.2. The summed E-state index contributed by atoms with van der Waals surface area (Å²) in [6.45, 7) is 0.687. The van der Waals surface area contributed by atoms with E-state index in [1.165, 1.54) is 32.1 Å². The van der Waals surface area contributed by atoms with Gasteiger partial charge in [-0.3, -0.25) is 9.69 Å². The first kappa shape index (κ1) is 17.5. The zero-order chi connectivity index (χ0) is 16.9. The van der Waals surface area contributed by atoms with E-state index in [9.17, 15) is 4.79 Å². The van der Waals surface area contributed by atoms with Gasteiger partial charge in [-0.1, -0.05) is 42.2 Å². The molecule has 7 heteroatoms. The fourth-order valence-electron chi connectivity index (χ4n) is 3.66. The molecule has 5 nitrogen and oxygen atoms in total. The minimum Gasteiger partial charge on any atom is -0.320 e. The minimum absolute atomic E-state index is 0.0306. The molecule has 0 bridgehead atoms. The second-order valence-electron chi connectivity index (χ2n) is 6.68. The molecule has 0 aromatic carbocycles. The van der Waals surface area contributed by atoms with Crippen molar-refractivity contribution in [3.8, 4) is 6.19 Å². The lowest BCUT2D eigenvalue weighted by Crippen LogP contribution is -2.39.